The summed E-state index contributed by atoms with van der Waals surface area (Å²) in [5.74, 6) is 1.77. The third-order valence-corrected chi connectivity index (χ3v) is 6.23. The second-order valence-corrected chi connectivity index (χ2v) is 8.53. The number of carbonyl (C=O) groups is 1. The van der Waals surface area contributed by atoms with Crippen molar-refractivity contribution in [3.63, 3.8) is 0 Å². The number of piperidine rings is 2. The van der Waals surface area contributed by atoms with Crippen LogP contribution in [-0.4, -0.2) is 81.1 Å². The Morgan fingerprint density at radius 3 is 2.00 bits per heavy atom. The molecule has 2 heterocycles. The number of nitrogens with zero attached hydrogens (tertiary/aromatic N) is 3. The molecule has 0 aromatic heterocycles. The number of rotatable bonds is 10. The van der Waals surface area contributed by atoms with Gasteiger partial charge in [-0.1, -0.05) is 6.92 Å². The van der Waals surface area contributed by atoms with E-state index in [1.165, 1.54) is 38.9 Å². The summed E-state index contributed by atoms with van der Waals surface area (Å²) in [6, 6.07) is 0. The van der Waals surface area contributed by atoms with E-state index >= 15 is 0 Å². The number of primary amides is 1. The van der Waals surface area contributed by atoms with Crippen LogP contribution >= 0.6 is 24.0 Å². The number of unbranched alkanes of at least 4 members (excludes halogenated alkanes) is 1. The molecular weight excluding hydrogens is 479 g/mol. The normalized spacial score (nSPS) is 20.3. The van der Waals surface area contributed by atoms with E-state index in [9.17, 15) is 4.79 Å². The van der Waals surface area contributed by atoms with Gasteiger partial charge in [-0.05, 0) is 90.1 Å². The zero-order valence-electron chi connectivity index (χ0n) is 18.5. The number of hydrogen-bond donors (Lipinski definition) is 3. The zero-order valence-corrected chi connectivity index (χ0v) is 20.8. The molecule has 2 fully saturated rings. The average molecular weight is 523 g/mol. The van der Waals surface area contributed by atoms with Crippen molar-refractivity contribution in [1.29, 1.82) is 0 Å². The third-order valence-electron chi connectivity index (χ3n) is 6.23. The Morgan fingerprint density at radius 2 is 1.45 bits per heavy atom. The quantitative estimate of drug-likeness (QED) is 0.177. The number of guanidine groups is 1. The summed E-state index contributed by atoms with van der Waals surface area (Å²) in [7, 11) is 1.84. The van der Waals surface area contributed by atoms with Crippen LogP contribution in [0.3, 0.4) is 0 Å². The molecule has 0 radical (unpaired) electrons. The lowest BCUT2D eigenvalue weighted by atomic mass is 9.96. The van der Waals surface area contributed by atoms with Crippen molar-refractivity contribution in [3.8, 4) is 0 Å². The Kier molecular flexibility index (Phi) is 13.9. The standard InChI is InChI=1S/C21H42N6O.HI/c1-18-6-14-27(15-7-18)13-5-11-25-21(23-2)24-10-3-4-12-26-16-8-19(9-17-26)20(22)28;/h18-19H,3-17H2,1-2H3,(H2,22,28)(H2,23,24,25);1H. The van der Waals surface area contributed by atoms with Gasteiger partial charge in [0.05, 0.1) is 0 Å². The average Bonchev–Trinajstić information content (AvgIpc) is 2.71. The number of carbonyl (C=O) groups excluding carboxylic acids is 1. The molecule has 4 N–H and O–H groups in total. The second-order valence-electron chi connectivity index (χ2n) is 8.53. The number of aliphatic imine (C=N–C) groups is 1. The van der Waals surface area contributed by atoms with Gasteiger partial charge < -0.3 is 26.2 Å². The molecule has 0 unspecified atom stereocenters. The minimum absolute atomic E-state index is 0. The molecule has 7 nitrogen and oxygen atoms in total. The highest BCUT2D eigenvalue weighted by Crippen LogP contribution is 2.17. The molecule has 29 heavy (non-hydrogen) atoms. The van der Waals surface area contributed by atoms with Gasteiger partial charge in [0.25, 0.3) is 0 Å². The molecule has 0 aliphatic carbocycles. The van der Waals surface area contributed by atoms with Crippen LogP contribution < -0.4 is 16.4 Å². The van der Waals surface area contributed by atoms with Crippen LogP contribution in [0.2, 0.25) is 0 Å². The molecule has 0 saturated carbocycles. The molecule has 170 valence electrons. The van der Waals surface area contributed by atoms with E-state index in [2.05, 4.69) is 32.3 Å². The van der Waals surface area contributed by atoms with Gasteiger partial charge >= 0.3 is 0 Å². The number of amides is 1. The highest BCUT2D eigenvalue weighted by atomic mass is 127. The first kappa shape index (κ1) is 26.4. The van der Waals surface area contributed by atoms with Crippen molar-refractivity contribution < 1.29 is 4.79 Å². The minimum atomic E-state index is -0.131. The maximum absolute atomic E-state index is 11.2. The maximum atomic E-state index is 11.2. The SMILES string of the molecule is CN=C(NCCCCN1CCC(C(N)=O)CC1)NCCCN1CCC(C)CC1.I. The highest BCUT2D eigenvalue weighted by Gasteiger charge is 2.22. The Hall–Kier alpha value is -0.610. The number of hydrogen-bond acceptors (Lipinski definition) is 4. The molecule has 0 atom stereocenters. The topological polar surface area (TPSA) is 86.0 Å². The summed E-state index contributed by atoms with van der Waals surface area (Å²) in [6.45, 7) is 11.1. The predicted octanol–water partition coefficient (Wildman–Crippen LogP) is 1.87. The molecule has 0 bridgehead atoms. The molecule has 2 aliphatic rings. The zero-order chi connectivity index (χ0) is 20.2. The lowest BCUT2D eigenvalue weighted by Gasteiger charge is -2.30. The largest absolute Gasteiger partial charge is 0.369 e. The molecule has 1 amide bonds. The molecule has 0 spiro atoms. The van der Waals surface area contributed by atoms with Crippen molar-refractivity contribution >= 4 is 35.8 Å². The van der Waals surface area contributed by atoms with Gasteiger partial charge in [-0.15, -0.1) is 24.0 Å². The van der Waals surface area contributed by atoms with Gasteiger partial charge in [0.2, 0.25) is 5.91 Å². The van der Waals surface area contributed by atoms with Gasteiger partial charge in [0.1, 0.15) is 0 Å². The Bertz CT molecular complexity index is 474. The van der Waals surface area contributed by atoms with Crippen LogP contribution in [0.5, 0.6) is 0 Å². The fraction of sp³-hybridized carbons (Fsp3) is 0.905. The van der Waals surface area contributed by atoms with E-state index in [-0.39, 0.29) is 35.8 Å². The predicted molar refractivity (Wildman–Crippen MR) is 132 cm³/mol. The van der Waals surface area contributed by atoms with Gasteiger partial charge in [0, 0.05) is 26.1 Å². The lowest BCUT2D eigenvalue weighted by molar-refractivity contribution is -0.123. The van der Waals surface area contributed by atoms with Gasteiger partial charge in [-0.3, -0.25) is 9.79 Å². The monoisotopic (exact) mass is 522 g/mol. The van der Waals surface area contributed by atoms with Crippen LogP contribution in [0.1, 0.15) is 51.9 Å². The molecule has 8 heteroatoms. The lowest BCUT2D eigenvalue weighted by Crippen LogP contribution is -2.40. The van der Waals surface area contributed by atoms with Crippen LogP contribution in [0.4, 0.5) is 0 Å². The van der Waals surface area contributed by atoms with E-state index in [0.717, 1.165) is 70.3 Å². The van der Waals surface area contributed by atoms with Crippen molar-refractivity contribution in [2.24, 2.45) is 22.6 Å². The van der Waals surface area contributed by atoms with Gasteiger partial charge in [-0.25, -0.2) is 0 Å². The summed E-state index contributed by atoms with van der Waals surface area (Å²) >= 11 is 0. The smallest absolute Gasteiger partial charge is 0.220 e. The second kappa shape index (κ2) is 15.2. The number of nitrogens with one attached hydrogen (secondary N) is 2. The molecule has 2 saturated heterocycles. The van der Waals surface area contributed by atoms with E-state index in [1.54, 1.807) is 0 Å². The first-order chi connectivity index (χ1) is 13.6. The Morgan fingerprint density at radius 1 is 0.931 bits per heavy atom. The molecular formula is C21H43IN6O. The van der Waals surface area contributed by atoms with Gasteiger partial charge in [-0.2, -0.15) is 0 Å². The van der Waals surface area contributed by atoms with Crippen molar-refractivity contribution in [2.45, 2.75) is 51.9 Å². The van der Waals surface area contributed by atoms with Gasteiger partial charge in [0.15, 0.2) is 5.96 Å². The first-order valence-electron chi connectivity index (χ1n) is 11.3. The van der Waals surface area contributed by atoms with Crippen molar-refractivity contribution in [2.75, 3.05) is 59.4 Å². The Balaban J connectivity index is 0.00000420. The first-order valence-corrected chi connectivity index (χ1v) is 11.3. The fourth-order valence-electron chi connectivity index (χ4n) is 4.12. The maximum Gasteiger partial charge on any atom is 0.220 e. The van der Waals surface area contributed by atoms with Crippen LogP contribution in [0.15, 0.2) is 4.99 Å². The summed E-state index contributed by atoms with van der Waals surface area (Å²) in [5, 5.41) is 6.85. The van der Waals surface area contributed by atoms with E-state index in [1.807, 2.05) is 7.05 Å². The summed E-state index contributed by atoms with van der Waals surface area (Å²) in [6.07, 6.45) is 7.98. The highest BCUT2D eigenvalue weighted by molar-refractivity contribution is 14.0. The summed E-state index contributed by atoms with van der Waals surface area (Å²) < 4.78 is 0. The molecule has 0 aromatic rings. The fourth-order valence-corrected chi connectivity index (χ4v) is 4.12. The summed E-state index contributed by atoms with van der Waals surface area (Å²) in [4.78, 5) is 20.6. The minimum Gasteiger partial charge on any atom is -0.369 e. The molecule has 2 rings (SSSR count). The molecule has 0 aromatic carbocycles. The number of nitrogens with two attached hydrogens (primary N) is 1. The number of halogens is 1. The van der Waals surface area contributed by atoms with E-state index < -0.39 is 0 Å². The van der Waals surface area contributed by atoms with Crippen LogP contribution in [0.25, 0.3) is 0 Å². The number of likely N-dealkylation sites (tertiary alicyclic amines) is 2. The summed E-state index contributed by atoms with van der Waals surface area (Å²) in [5.41, 5.74) is 5.39. The third kappa shape index (κ3) is 10.8. The Labute approximate surface area is 194 Å². The van der Waals surface area contributed by atoms with E-state index in [4.69, 9.17) is 5.73 Å². The van der Waals surface area contributed by atoms with Crippen LogP contribution in [-0.2, 0) is 4.79 Å². The van der Waals surface area contributed by atoms with E-state index in [0.29, 0.717) is 0 Å². The van der Waals surface area contributed by atoms with Crippen molar-refractivity contribution in [3.05, 3.63) is 0 Å². The van der Waals surface area contributed by atoms with Crippen LogP contribution in [0, 0.1) is 11.8 Å². The van der Waals surface area contributed by atoms with Crippen molar-refractivity contribution in [1.82, 2.24) is 20.4 Å². The molecule has 2 aliphatic heterocycles.